The molecular formula is C18H12ClN3O2. The van der Waals surface area contributed by atoms with Gasteiger partial charge in [-0.05, 0) is 34.9 Å². The standard InChI is InChI=1S/C18H12ClN3O2/c19-18-20-10-14-5-2-6-15(17(14)22-18)13-4-1-3-12(9-13)7-8-16(24)21-11-23/h1-11H,(H,21,23,24). The highest BCUT2D eigenvalue weighted by Crippen LogP contribution is 2.28. The first-order valence-corrected chi connectivity index (χ1v) is 7.49. The van der Waals surface area contributed by atoms with Gasteiger partial charge in [-0.15, -0.1) is 0 Å². The Balaban J connectivity index is 2.02. The largest absolute Gasteiger partial charge is 0.295 e. The van der Waals surface area contributed by atoms with Crippen molar-refractivity contribution < 1.29 is 9.59 Å². The lowest BCUT2D eigenvalue weighted by Gasteiger charge is -2.07. The molecule has 0 bridgehead atoms. The zero-order valence-electron chi connectivity index (χ0n) is 12.4. The van der Waals surface area contributed by atoms with Crippen molar-refractivity contribution in [2.75, 3.05) is 0 Å². The Morgan fingerprint density at radius 1 is 1.17 bits per heavy atom. The molecule has 2 amide bonds. The summed E-state index contributed by atoms with van der Waals surface area (Å²) in [6, 6.07) is 13.4. The Morgan fingerprint density at radius 3 is 2.83 bits per heavy atom. The SMILES string of the molecule is O=CNC(=O)C=Cc1cccc(-c2cccc3cnc(Cl)nc23)c1. The number of rotatable bonds is 4. The highest BCUT2D eigenvalue weighted by atomic mass is 35.5. The number of para-hydroxylation sites is 1. The molecule has 6 heteroatoms. The van der Waals surface area contributed by atoms with Crippen LogP contribution in [0.1, 0.15) is 5.56 Å². The van der Waals surface area contributed by atoms with Gasteiger partial charge in [0.15, 0.2) is 0 Å². The molecular weight excluding hydrogens is 326 g/mol. The number of imide groups is 1. The van der Waals surface area contributed by atoms with Gasteiger partial charge in [0.1, 0.15) is 0 Å². The quantitative estimate of drug-likeness (QED) is 0.450. The summed E-state index contributed by atoms with van der Waals surface area (Å²) in [6.45, 7) is 0. The van der Waals surface area contributed by atoms with Crippen LogP contribution in [0.15, 0.2) is 54.7 Å². The van der Waals surface area contributed by atoms with Gasteiger partial charge in [-0.3, -0.25) is 14.9 Å². The number of hydrogen-bond acceptors (Lipinski definition) is 4. The van der Waals surface area contributed by atoms with Gasteiger partial charge in [-0.25, -0.2) is 9.97 Å². The van der Waals surface area contributed by atoms with Crippen molar-refractivity contribution in [2.45, 2.75) is 0 Å². The summed E-state index contributed by atoms with van der Waals surface area (Å²) >= 11 is 5.92. The van der Waals surface area contributed by atoms with Crippen molar-refractivity contribution in [1.82, 2.24) is 15.3 Å². The Labute approximate surface area is 143 Å². The second kappa shape index (κ2) is 7.02. The second-order valence-corrected chi connectivity index (χ2v) is 5.31. The van der Waals surface area contributed by atoms with Gasteiger partial charge in [-0.1, -0.05) is 36.4 Å². The van der Waals surface area contributed by atoms with Crippen molar-refractivity contribution in [3.63, 3.8) is 0 Å². The molecule has 0 aliphatic carbocycles. The highest BCUT2D eigenvalue weighted by molar-refractivity contribution is 6.28. The first-order chi connectivity index (χ1) is 11.7. The Bertz CT molecular complexity index is 954. The van der Waals surface area contributed by atoms with Crippen molar-refractivity contribution in [2.24, 2.45) is 0 Å². The molecule has 1 heterocycles. The maximum Gasteiger partial charge on any atom is 0.250 e. The van der Waals surface area contributed by atoms with Crippen molar-refractivity contribution >= 4 is 40.9 Å². The molecule has 0 spiro atoms. The number of aromatic nitrogens is 2. The number of carbonyl (C=O) groups is 2. The molecule has 5 nitrogen and oxygen atoms in total. The predicted octanol–water partition coefficient (Wildman–Crippen LogP) is 3.24. The minimum atomic E-state index is -0.472. The predicted molar refractivity (Wildman–Crippen MR) is 93.2 cm³/mol. The fourth-order valence-electron chi connectivity index (χ4n) is 2.36. The molecule has 3 rings (SSSR count). The summed E-state index contributed by atoms with van der Waals surface area (Å²) in [4.78, 5) is 29.9. The van der Waals surface area contributed by atoms with E-state index in [4.69, 9.17) is 11.6 Å². The van der Waals surface area contributed by atoms with Crippen molar-refractivity contribution in [1.29, 1.82) is 0 Å². The van der Waals surface area contributed by atoms with E-state index >= 15 is 0 Å². The molecule has 118 valence electrons. The second-order valence-electron chi connectivity index (χ2n) is 4.97. The summed E-state index contributed by atoms with van der Waals surface area (Å²) < 4.78 is 0. The average molecular weight is 338 g/mol. The third-order valence-corrected chi connectivity index (χ3v) is 3.59. The lowest BCUT2D eigenvalue weighted by Crippen LogP contribution is -2.17. The number of nitrogens with one attached hydrogen (secondary N) is 1. The molecule has 0 saturated heterocycles. The van der Waals surface area contributed by atoms with Crippen LogP contribution < -0.4 is 5.32 Å². The van der Waals surface area contributed by atoms with Crippen LogP contribution in [0.25, 0.3) is 28.1 Å². The van der Waals surface area contributed by atoms with Gasteiger partial charge in [0.2, 0.25) is 17.6 Å². The number of hydrogen-bond donors (Lipinski definition) is 1. The first kappa shape index (κ1) is 15.8. The summed E-state index contributed by atoms with van der Waals surface area (Å²) in [5.74, 6) is -0.472. The summed E-state index contributed by atoms with van der Waals surface area (Å²) in [7, 11) is 0. The van der Waals surface area contributed by atoms with Gasteiger partial charge in [0.05, 0.1) is 5.52 Å². The average Bonchev–Trinajstić information content (AvgIpc) is 2.60. The van der Waals surface area contributed by atoms with Gasteiger partial charge < -0.3 is 0 Å². The molecule has 0 radical (unpaired) electrons. The molecule has 0 saturated carbocycles. The van der Waals surface area contributed by atoms with Crippen LogP contribution in [0.5, 0.6) is 0 Å². The van der Waals surface area contributed by atoms with Gasteiger partial charge in [0.25, 0.3) is 0 Å². The smallest absolute Gasteiger partial charge is 0.250 e. The van der Waals surface area contributed by atoms with E-state index < -0.39 is 5.91 Å². The Kier molecular flexibility index (Phi) is 4.63. The zero-order chi connectivity index (χ0) is 16.9. The molecule has 3 aromatic rings. The van der Waals surface area contributed by atoms with Gasteiger partial charge in [0, 0.05) is 23.2 Å². The third kappa shape index (κ3) is 3.47. The van der Waals surface area contributed by atoms with E-state index in [1.54, 1.807) is 12.3 Å². The minimum Gasteiger partial charge on any atom is -0.295 e. The van der Waals surface area contributed by atoms with Gasteiger partial charge in [-0.2, -0.15) is 0 Å². The Morgan fingerprint density at radius 2 is 2.00 bits per heavy atom. The minimum absolute atomic E-state index is 0.191. The maximum atomic E-state index is 11.3. The molecule has 24 heavy (non-hydrogen) atoms. The normalized spacial score (nSPS) is 10.9. The topological polar surface area (TPSA) is 72.0 Å². The molecule has 1 N–H and O–H groups in total. The monoisotopic (exact) mass is 337 g/mol. The van der Waals surface area contributed by atoms with Crippen LogP contribution in [0, 0.1) is 0 Å². The number of halogens is 1. The van der Waals surface area contributed by atoms with Crippen LogP contribution >= 0.6 is 11.6 Å². The van der Waals surface area contributed by atoms with E-state index in [1.165, 1.54) is 6.08 Å². The lowest BCUT2D eigenvalue weighted by atomic mass is 10.0. The molecule has 0 atom stereocenters. The molecule has 0 unspecified atom stereocenters. The van der Waals surface area contributed by atoms with E-state index in [-0.39, 0.29) is 5.28 Å². The van der Waals surface area contributed by atoms with E-state index in [2.05, 4.69) is 15.3 Å². The number of amides is 2. The number of fused-ring (bicyclic) bond motifs is 1. The van der Waals surface area contributed by atoms with Crippen molar-refractivity contribution in [3.05, 3.63) is 65.6 Å². The fraction of sp³-hybridized carbons (Fsp3) is 0. The fourth-order valence-corrected chi connectivity index (χ4v) is 2.49. The summed E-state index contributed by atoms with van der Waals surface area (Å²) in [6.07, 6.45) is 4.97. The van der Waals surface area contributed by atoms with Crippen LogP contribution in [-0.2, 0) is 9.59 Å². The van der Waals surface area contributed by atoms with Crippen molar-refractivity contribution in [3.8, 4) is 11.1 Å². The number of nitrogens with zero attached hydrogens (tertiary/aromatic N) is 2. The van der Waals surface area contributed by atoms with E-state index in [0.29, 0.717) is 6.41 Å². The number of carbonyl (C=O) groups excluding carboxylic acids is 2. The van der Waals surface area contributed by atoms with Gasteiger partial charge >= 0.3 is 0 Å². The van der Waals surface area contributed by atoms with E-state index in [1.807, 2.05) is 42.5 Å². The zero-order valence-corrected chi connectivity index (χ0v) is 13.2. The third-order valence-electron chi connectivity index (χ3n) is 3.41. The number of benzene rings is 2. The van der Waals surface area contributed by atoms with Crippen LogP contribution in [0.3, 0.4) is 0 Å². The van der Waals surface area contributed by atoms with Crippen LogP contribution in [-0.4, -0.2) is 22.3 Å². The Hall–Kier alpha value is -3.05. The van der Waals surface area contributed by atoms with Crippen LogP contribution in [0.4, 0.5) is 0 Å². The maximum absolute atomic E-state index is 11.3. The van der Waals surface area contributed by atoms with E-state index in [0.717, 1.165) is 27.6 Å². The molecule has 0 aliphatic heterocycles. The molecule has 1 aromatic heterocycles. The first-order valence-electron chi connectivity index (χ1n) is 7.11. The summed E-state index contributed by atoms with van der Waals surface area (Å²) in [5, 5.41) is 3.14. The molecule has 0 aliphatic rings. The lowest BCUT2D eigenvalue weighted by molar-refractivity contribution is -0.121. The molecule has 0 fully saturated rings. The molecule has 2 aromatic carbocycles. The summed E-state index contributed by atoms with van der Waals surface area (Å²) in [5.41, 5.74) is 3.45. The highest BCUT2D eigenvalue weighted by Gasteiger charge is 2.07. The van der Waals surface area contributed by atoms with Crippen LogP contribution in [0.2, 0.25) is 5.28 Å². The van der Waals surface area contributed by atoms with E-state index in [9.17, 15) is 9.59 Å².